The third-order valence-electron chi connectivity index (χ3n) is 8.17. The van der Waals surface area contributed by atoms with Crippen LogP contribution in [0, 0.1) is 5.92 Å². The van der Waals surface area contributed by atoms with Gasteiger partial charge >= 0.3 is 11.9 Å². The molecule has 0 aliphatic carbocycles. The van der Waals surface area contributed by atoms with Gasteiger partial charge in [0.05, 0.1) is 5.56 Å². The average Bonchev–Trinajstić information content (AvgIpc) is 3.01. The van der Waals surface area contributed by atoms with E-state index in [9.17, 15) is 14.7 Å². The van der Waals surface area contributed by atoms with Crippen LogP contribution in [0.3, 0.4) is 0 Å². The summed E-state index contributed by atoms with van der Waals surface area (Å²) in [5.74, 6) is -1.25. The van der Waals surface area contributed by atoms with Crippen molar-refractivity contribution in [2.24, 2.45) is 5.92 Å². The molecule has 0 fully saturated rings. The summed E-state index contributed by atoms with van der Waals surface area (Å²) in [7, 11) is 0. The molecule has 2 N–H and O–H groups in total. The molecule has 4 nitrogen and oxygen atoms in total. The number of carbonyl (C=O) groups is 2. The maximum Gasteiger partial charge on any atom is 0.335 e. The molecule has 218 valence electrons. The maximum absolute atomic E-state index is 11.2. The van der Waals surface area contributed by atoms with Crippen molar-refractivity contribution in [1.82, 2.24) is 0 Å². The fourth-order valence-electron chi connectivity index (χ4n) is 5.66. The summed E-state index contributed by atoms with van der Waals surface area (Å²) in [6.45, 7) is 0. The van der Waals surface area contributed by atoms with E-state index in [1.165, 1.54) is 27.8 Å². The highest BCUT2D eigenvalue weighted by molar-refractivity contribution is 5.87. The van der Waals surface area contributed by atoms with Gasteiger partial charge in [-0.05, 0) is 103 Å². The number of benzene rings is 4. The van der Waals surface area contributed by atoms with Crippen molar-refractivity contribution in [2.75, 3.05) is 0 Å². The highest BCUT2D eigenvalue weighted by Crippen LogP contribution is 2.24. The van der Waals surface area contributed by atoms with Gasteiger partial charge in [-0.3, -0.25) is 4.79 Å². The summed E-state index contributed by atoms with van der Waals surface area (Å²) in [6, 6.07) is 35.6. The minimum Gasteiger partial charge on any atom is -0.481 e. The van der Waals surface area contributed by atoms with Gasteiger partial charge in [0.2, 0.25) is 0 Å². The predicted octanol–water partition coefficient (Wildman–Crippen LogP) is 8.39. The molecule has 0 bridgehead atoms. The first-order valence-electron chi connectivity index (χ1n) is 15.2. The van der Waals surface area contributed by atoms with E-state index in [0.29, 0.717) is 17.9 Å². The second kappa shape index (κ2) is 16.3. The molecule has 0 heterocycles. The lowest BCUT2D eigenvalue weighted by Gasteiger charge is -2.18. The van der Waals surface area contributed by atoms with Gasteiger partial charge in [-0.1, -0.05) is 104 Å². The average molecular weight is 563 g/mol. The number of aliphatic carboxylic acids is 1. The molecular weight excluding hydrogens is 520 g/mol. The first kappa shape index (κ1) is 30.8. The Morgan fingerprint density at radius 3 is 1.64 bits per heavy atom. The smallest absolute Gasteiger partial charge is 0.335 e. The van der Waals surface area contributed by atoms with Gasteiger partial charge in [-0.15, -0.1) is 0 Å². The summed E-state index contributed by atoms with van der Waals surface area (Å²) < 4.78 is 0. The first-order valence-corrected chi connectivity index (χ1v) is 15.2. The van der Waals surface area contributed by atoms with Gasteiger partial charge in [0.15, 0.2) is 0 Å². The van der Waals surface area contributed by atoms with E-state index < -0.39 is 11.9 Å². The topological polar surface area (TPSA) is 74.6 Å². The lowest BCUT2D eigenvalue weighted by molar-refractivity contribution is -0.137. The first-order chi connectivity index (χ1) is 20.5. The molecule has 0 saturated carbocycles. The minimum atomic E-state index is -0.914. The molecule has 0 saturated heterocycles. The molecule has 0 spiro atoms. The number of carboxylic acids is 2. The minimum absolute atomic E-state index is 0.205. The molecule has 0 radical (unpaired) electrons. The molecule has 4 aromatic rings. The number of hydrogen-bond donors (Lipinski definition) is 2. The number of unbranched alkanes of at least 4 members (excludes halogenated alkanes) is 1. The van der Waals surface area contributed by atoms with Gasteiger partial charge in [-0.2, -0.15) is 0 Å². The van der Waals surface area contributed by atoms with Crippen LogP contribution in [0.15, 0.2) is 103 Å². The molecule has 1 atom stereocenters. The highest BCUT2D eigenvalue weighted by atomic mass is 16.4. The van der Waals surface area contributed by atoms with Crippen molar-refractivity contribution < 1.29 is 19.8 Å². The Balaban J connectivity index is 1.33. The number of carboxylic acid groups (broad SMARTS) is 2. The van der Waals surface area contributed by atoms with E-state index in [1.807, 2.05) is 12.1 Å². The molecule has 0 aliphatic rings. The molecule has 4 rings (SSSR count). The third-order valence-corrected chi connectivity index (χ3v) is 8.17. The Morgan fingerprint density at radius 2 is 1.05 bits per heavy atom. The third kappa shape index (κ3) is 10.3. The van der Waals surface area contributed by atoms with Crippen LogP contribution < -0.4 is 0 Å². The van der Waals surface area contributed by atoms with Gasteiger partial charge in [0.25, 0.3) is 0 Å². The van der Waals surface area contributed by atoms with Gasteiger partial charge in [0.1, 0.15) is 0 Å². The standard InChI is InChI=1S/C38H42O4/c39-37(40)13-7-4-10-32(28-33-22-26-36(27-23-33)38(41)42)21-25-35-12-6-5-11-34(35)24-20-31-18-16-30(17-19-31)15-14-29-8-2-1-3-9-29/h1-3,5-6,8-9,11-12,16-19,22-23,26-27,32H,4,7,10,13-15,20-21,24-25,28H2,(H,39,40)(H,41,42). The number of rotatable bonds is 17. The Bertz CT molecular complexity index is 1390. The number of hydrogen-bond acceptors (Lipinski definition) is 2. The Hall–Kier alpha value is -4.18. The van der Waals surface area contributed by atoms with Crippen molar-refractivity contribution in [3.8, 4) is 0 Å². The van der Waals surface area contributed by atoms with Gasteiger partial charge in [-0.25, -0.2) is 4.79 Å². The van der Waals surface area contributed by atoms with Crippen molar-refractivity contribution in [1.29, 1.82) is 0 Å². The number of aromatic carboxylic acids is 1. The summed E-state index contributed by atoms with van der Waals surface area (Å²) >= 11 is 0. The Labute approximate surface area is 250 Å². The normalized spacial score (nSPS) is 11.7. The van der Waals surface area contributed by atoms with E-state index in [1.54, 1.807) is 12.1 Å². The fourth-order valence-corrected chi connectivity index (χ4v) is 5.66. The Kier molecular flexibility index (Phi) is 11.9. The van der Waals surface area contributed by atoms with Crippen molar-refractivity contribution in [2.45, 2.75) is 70.6 Å². The summed E-state index contributed by atoms with van der Waals surface area (Å²) in [5.41, 5.74) is 8.30. The molecule has 42 heavy (non-hydrogen) atoms. The Morgan fingerprint density at radius 1 is 0.524 bits per heavy atom. The van der Waals surface area contributed by atoms with Crippen molar-refractivity contribution in [3.63, 3.8) is 0 Å². The van der Waals surface area contributed by atoms with Gasteiger partial charge < -0.3 is 10.2 Å². The highest BCUT2D eigenvalue weighted by Gasteiger charge is 2.13. The molecule has 1 unspecified atom stereocenters. The van der Waals surface area contributed by atoms with Crippen LogP contribution >= 0.6 is 0 Å². The maximum atomic E-state index is 11.2. The fraction of sp³-hybridized carbons (Fsp3) is 0.316. The van der Waals surface area contributed by atoms with Crippen LogP contribution in [0.2, 0.25) is 0 Å². The van der Waals surface area contributed by atoms with E-state index >= 15 is 0 Å². The molecule has 0 aromatic heterocycles. The van der Waals surface area contributed by atoms with E-state index in [2.05, 4.69) is 78.9 Å². The zero-order chi connectivity index (χ0) is 29.6. The molecule has 0 amide bonds. The van der Waals surface area contributed by atoms with Crippen LogP contribution in [0.1, 0.15) is 75.8 Å². The van der Waals surface area contributed by atoms with Crippen molar-refractivity contribution >= 4 is 11.9 Å². The molecule has 4 heteroatoms. The van der Waals surface area contributed by atoms with Crippen LogP contribution in [-0.2, 0) is 43.3 Å². The lowest BCUT2D eigenvalue weighted by Crippen LogP contribution is -2.09. The van der Waals surface area contributed by atoms with Crippen LogP contribution in [-0.4, -0.2) is 22.2 Å². The molecule has 4 aromatic carbocycles. The molecule has 0 aliphatic heterocycles. The zero-order valence-electron chi connectivity index (χ0n) is 24.4. The predicted molar refractivity (Wildman–Crippen MR) is 169 cm³/mol. The summed E-state index contributed by atoms with van der Waals surface area (Å²) in [4.78, 5) is 22.2. The monoisotopic (exact) mass is 562 g/mol. The van der Waals surface area contributed by atoms with E-state index in [4.69, 9.17) is 5.11 Å². The molecular formula is C38H42O4. The zero-order valence-corrected chi connectivity index (χ0v) is 24.4. The second-order valence-corrected chi connectivity index (χ2v) is 11.3. The quantitative estimate of drug-likeness (QED) is 0.127. The second-order valence-electron chi connectivity index (χ2n) is 11.3. The van der Waals surface area contributed by atoms with Crippen molar-refractivity contribution in [3.05, 3.63) is 142 Å². The van der Waals surface area contributed by atoms with Crippen LogP contribution in [0.5, 0.6) is 0 Å². The number of aryl methyl sites for hydroxylation is 5. The lowest BCUT2D eigenvalue weighted by atomic mass is 9.87. The van der Waals surface area contributed by atoms with E-state index in [-0.39, 0.29) is 6.42 Å². The SMILES string of the molecule is O=C(O)CCCCC(CCc1ccccc1CCc1ccc(CCc2ccccc2)cc1)Cc1ccc(C(=O)O)cc1. The largest absolute Gasteiger partial charge is 0.481 e. The summed E-state index contributed by atoms with van der Waals surface area (Å²) in [6.07, 6.45) is 9.71. The van der Waals surface area contributed by atoms with E-state index in [0.717, 1.165) is 63.4 Å². The van der Waals surface area contributed by atoms with Crippen LogP contribution in [0.4, 0.5) is 0 Å². The van der Waals surface area contributed by atoms with Gasteiger partial charge in [0, 0.05) is 6.42 Å². The van der Waals surface area contributed by atoms with Crippen LogP contribution in [0.25, 0.3) is 0 Å². The summed E-state index contributed by atoms with van der Waals surface area (Å²) in [5, 5.41) is 18.3.